The van der Waals surface area contributed by atoms with Crippen molar-refractivity contribution in [2.45, 2.75) is 30.9 Å². The second-order valence-electron chi connectivity index (χ2n) is 4.69. The first kappa shape index (κ1) is 14.1. The van der Waals surface area contributed by atoms with Gasteiger partial charge in [0.2, 0.25) is 5.82 Å². The number of aromatic nitrogens is 4. The summed E-state index contributed by atoms with van der Waals surface area (Å²) in [5.74, 6) is 6.80. The second-order valence-corrected chi connectivity index (χ2v) is 5.84. The fourth-order valence-corrected chi connectivity index (χ4v) is 3.46. The monoisotopic (exact) mass is 305 g/mol. The van der Waals surface area contributed by atoms with Gasteiger partial charge in [-0.15, -0.1) is 11.8 Å². The van der Waals surface area contributed by atoms with Gasteiger partial charge in [-0.3, -0.25) is 4.57 Å². The molecule has 0 saturated carbocycles. The largest absolute Gasteiger partial charge is 0.389 e. The number of imidazole rings is 1. The maximum Gasteiger partial charge on any atom is 0.208 e. The minimum Gasteiger partial charge on any atom is -0.389 e. The number of hydrogen-bond acceptors (Lipinski definition) is 7. The van der Waals surface area contributed by atoms with E-state index < -0.39 is 12.2 Å². The molecule has 3 heterocycles. The van der Waals surface area contributed by atoms with Crippen molar-refractivity contribution in [2.24, 2.45) is 0 Å². The molecule has 3 rings (SSSR count). The Morgan fingerprint density at radius 2 is 2.29 bits per heavy atom. The first-order valence-corrected chi connectivity index (χ1v) is 7.63. The summed E-state index contributed by atoms with van der Waals surface area (Å²) in [7, 11) is 0. The summed E-state index contributed by atoms with van der Waals surface area (Å²) in [6.45, 7) is 1.94. The molecule has 0 bridgehead atoms. The van der Waals surface area contributed by atoms with Gasteiger partial charge in [0.15, 0.2) is 11.5 Å². The van der Waals surface area contributed by atoms with E-state index in [0.29, 0.717) is 29.2 Å². The van der Waals surface area contributed by atoms with Crippen LogP contribution in [0.5, 0.6) is 0 Å². The zero-order valence-corrected chi connectivity index (χ0v) is 12.2. The lowest BCUT2D eigenvalue weighted by atomic mass is 10.2. The minimum absolute atomic E-state index is 0.261. The van der Waals surface area contributed by atoms with E-state index in [-0.39, 0.29) is 11.2 Å². The highest BCUT2D eigenvalue weighted by atomic mass is 32.2. The molecule has 0 amide bonds. The quantitative estimate of drug-likeness (QED) is 0.643. The molecule has 0 aromatic carbocycles. The lowest BCUT2D eigenvalue weighted by Gasteiger charge is -2.17. The number of aliphatic hydroxyl groups excluding tert-OH is 2. The van der Waals surface area contributed by atoms with Crippen molar-refractivity contribution in [1.82, 2.24) is 19.5 Å². The number of nitrogens with two attached hydrogens (primary N) is 1. The normalized spacial score (nSPS) is 25.0. The van der Waals surface area contributed by atoms with Crippen molar-refractivity contribution >= 4 is 28.7 Å². The van der Waals surface area contributed by atoms with Gasteiger partial charge in [0.05, 0.1) is 12.4 Å². The number of nitrogen functional groups attached to an aromatic ring is 1. The van der Waals surface area contributed by atoms with Gasteiger partial charge < -0.3 is 15.9 Å². The van der Waals surface area contributed by atoms with E-state index in [2.05, 4.69) is 26.8 Å². The molecule has 4 N–H and O–H groups in total. The molecular weight excluding hydrogens is 290 g/mol. The number of thioether (sulfide) groups is 1. The van der Waals surface area contributed by atoms with Crippen LogP contribution in [0, 0.1) is 11.8 Å². The Hall–Kier alpha value is -1.82. The van der Waals surface area contributed by atoms with Crippen LogP contribution in [0.4, 0.5) is 5.82 Å². The Labute approximate surface area is 125 Å². The lowest BCUT2D eigenvalue weighted by molar-refractivity contribution is 0.0313. The van der Waals surface area contributed by atoms with Gasteiger partial charge in [-0.1, -0.05) is 12.8 Å². The summed E-state index contributed by atoms with van der Waals surface area (Å²) in [6.07, 6.45) is 0.639. The highest BCUT2D eigenvalue weighted by molar-refractivity contribution is 7.99. The minimum atomic E-state index is -0.867. The van der Waals surface area contributed by atoms with Gasteiger partial charge in [0.25, 0.3) is 0 Å². The second kappa shape index (κ2) is 5.52. The van der Waals surface area contributed by atoms with Gasteiger partial charge in [-0.2, -0.15) is 0 Å². The smallest absolute Gasteiger partial charge is 0.208 e. The molecule has 8 heteroatoms. The average Bonchev–Trinajstić information content (AvgIpc) is 3.02. The fraction of sp³-hybridized carbons (Fsp3) is 0.462. The highest BCUT2D eigenvalue weighted by Gasteiger charge is 2.36. The molecule has 7 nitrogen and oxygen atoms in total. The molecule has 0 aliphatic carbocycles. The van der Waals surface area contributed by atoms with Crippen molar-refractivity contribution in [2.75, 3.05) is 11.5 Å². The Kier molecular flexibility index (Phi) is 3.71. The maximum atomic E-state index is 10.0. The van der Waals surface area contributed by atoms with Gasteiger partial charge in [-0.25, -0.2) is 15.0 Å². The van der Waals surface area contributed by atoms with Crippen LogP contribution in [0.15, 0.2) is 6.33 Å². The van der Waals surface area contributed by atoms with Crippen LogP contribution in [0.25, 0.3) is 11.2 Å². The molecule has 0 radical (unpaired) electrons. The van der Waals surface area contributed by atoms with E-state index in [1.54, 1.807) is 10.9 Å². The van der Waals surface area contributed by atoms with E-state index in [4.69, 9.17) is 5.73 Å². The molecule has 1 aliphatic heterocycles. The van der Waals surface area contributed by atoms with Crippen molar-refractivity contribution in [3.05, 3.63) is 12.2 Å². The summed E-state index contributed by atoms with van der Waals surface area (Å²) in [5.41, 5.74) is 6.89. The molecule has 2 aromatic rings. The van der Waals surface area contributed by atoms with Crippen LogP contribution in [0.3, 0.4) is 0 Å². The maximum absolute atomic E-state index is 10.0. The van der Waals surface area contributed by atoms with Crippen molar-refractivity contribution in [1.29, 1.82) is 0 Å². The molecule has 1 aliphatic rings. The first-order chi connectivity index (χ1) is 10.1. The van der Waals surface area contributed by atoms with E-state index >= 15 is 0 Å². The lowest BCUT2D eigenvalue weighted by Crippen LogP contribution is -2.27. The highest BCUT2D eigenvalue weighted by Crippen LogP contribution is 2.38. The zero-order chi connectivity index (χ0) is 15.0. The van der Waals surface area contributed by atoms with Crippen molar-refractivity contribution in [3.8, 4) is 11.8 Å². The number of anilines is 1. The number of fused-ring (bicyclic) bond motifs is 1. The Balaban J connectivity index is 2.10. The molecule has 3 atom stereocenters. The number of hydrogen-bond donors (Lipinski definition) is 3. The van der Waals surface area contributed by atoms with Crippen molar-refractivity contribution in [3.63, 3.8) is 0 Å². The third-order valence-electron chi connectivity index (χ3n) is 3.22. The summed E-state index contributed by atoms with van der Waals surface area (Å²) < 4.78 is 1.72. The third kappa shape index (κ3) is 2.44. The molecule has 1 saturated heterocycles. The van der Waals surface area contributed by atoms with Gasteiger partial charge in [-0.05, 0) is 5.92 Å². The molecule has 0 spiro atoms. The third-order valence-corrected chi connectivity index (χ3v) is 4.61. The number of rotatable bonds is 1. The molecule has 21 heavy (non-hydrogen) atoms. The van der Waals surface area contributed by atoms with Crippen LogP contribution in [0.2, 0.25) is 0 Å². The van der Waals surface area contributed by atoms with E-state index in [1.165, 1.54) is 11.8 Å². The predicted molar refractivity (Wildman–Crippen MR) is 80.4 cm³/mol. The number of aliphatic hydroxyl groups is 2. The first-order valence-electron chi connectivity index (χ1n) is 6.58. The Bertz CT molecular complexity index is 735. The van der Waals surface area contributed by atoms with Gasteiger partial charge >= 0.3 is 0 Å². The Morgan fingerprint density at radius 1 is 1.48 bits per heavy atom. The van der Waals surface area contributed by atoms with Crippen LogP contribution in [-0.4, -0.2) is 47.7 Å². The van der Waals surface area contributed by atoms with Crippen LogP contribution < -0.4 is 5.73 Å². The molecule has 2 aromatic heterocycles. The topological polar surface area (TPSA) is 110 Å². The average molecular weight is 305 g/mol. The molecule has 110 valence electrons. The summed E-state index contributed by atoms with van der Waals surface area (Å²) in [4.78, 5) is 12.7. The summed E-state index contributed by atoms with van der Waals surface area (Å²) in [6, 6.07) is 0. The van der Waals surface area contributed by atoms with Crippen LogP contribution in [0.1, 0.15) is 24.5 Å². The van der Waals surface area contributed by atoms with Crippen molar-refractivity contribution < 1.29 is 10.2 Å². The zero-order valence-electron chi connectivity index (χ0n) is 11.4. The molecule has 1 fully saturated rings. The summed E-state index contributed by atoms with van der Waals surface area (Å²) in [5, 5.41) is 19.4. The Morgan fingerprint density at radius 3 is 2.95 bits per heavy atom. The van der Waals surface area contributed by atoms with E-state index in [9.17, 15) is 10.2 Å². The standard InChI is InChI=1S/C13H15N5O2S/c1-2-3-4-8-16-11(14)9-12(17-8)18(6-15-9)13-10(20)7(19)5-21-13/h6-7,10,13,19-20H,2,5H2,1H3,(H2,14,16,17)/t7-,10-,13-/m1/s1. The predicted octanol–water partition coefficient (Wildman–Crippen LogP) is 0.137. The van der Waals surface area contributed by atoms with Crippen LogP contribution in [-0.2, 0) is 0 Å². The van der Waals surface area contributed by atoms with E-state index in [1.807, 2.05) is 6.92 Å². The molecule has 0 unspecified atom stereocenters. The molecular formula is C13H15N5O2S. The van der Waals surface area contributed by atoms with Gasteiger partial charge in [0.1, 0.15) is 17.0 Å². The fourth-order valence-electron chi connectivity index (χ4n) is 2.18. The SMILES string of the molecule is CCC#Cc1nc(N)c2ncn([C@@H]3SC[C@@H](O)[C@H]3O)c2n1. The van der Waals surface area contributed by atoms with Gasteiger partial charge in [0, 0.05) is 12.2 Å². The van der Waals surface area contributed by atoms with Crippen LogP contribution >= 0.6 is 11.8 Å². The summed E-state index contributed by atoms with van der Waals surface area (Å²) >= 11 is 1.45. The number of nitrogens with zero attached hydrogens (tertiary/aromatic N) is 4. The van der Waals surface area contributed by atoms with E-state index in [0.717, 1.165) is 0 Å².